The maximum Gasteiger partial charge on any atom is 0.257 e. The number of nitrogens with zero attached hydrogens (tertiary/aromatic N) is 4. The molecule has 1 amide bonds. The smallest absolute Gasteiger partial charge is 0.257 e. The van der Waals surface area contributed by atoms with Gasteiger partial charge in [0.05, 0.1) is 23.1 Å². The quantitative estimate of drug-likeness (QED) is 0.676. The molecule has 1 aliphatic rings. The van der Waals surface area contributed by atoms with Gasteiger partial charge in [0.15, 0.2) is 0 Å². The van der Waals surface area contributed by atoms with Crippen LogP contribution in [0.1, 0.15) is 21.6 Å². The fourth-order valence-corrected chi connectivity index (χ4v) is 3.71. The third-order valence-electron chi connectivity index (χ3n) is 5.05. The Morgan fingerprint density at radius 3 is 2.74 bits per heavy atom. The monoisotopic (exact) mass is 380 g/mol. The first-order valence-electron chi connectivity index (χ1n) is 8.93. The summed E-state index contributed by atoms with van der Waals surface area (Å²) in [6.07, 6.45) is 1.65. The second kappa shape index (κ2) is 7.08. The minimum absolute atomic E-state index is 0.00545. The molecule has 2 aromatic carbocycles. The molecule has 0 bridgehead atoms. The predicted octanol–water partition coefficient (Wildman–Crippen LogP) is 3.93. The van der Waals surface area contributed by atoms with Crippen LogP contribution in [0.5, 0.6) is 0 Å². The maximum atomic E-state index is 13.2. The molecule has 0 fully saturated rings. The summed E-state index contributed by atoms with van der Waals surface area (Å²) in [5.41, 5.74) is 4.62. The van der Waals surface area contributed by atoms with Crippen molar-refractivity contribution in [1.82, 2.24) is 14.7 Å². The van der Waals surface area contributed by atoms with Crippen LogP contribution >= 0.6 is 11.6 Å². The van der Waals surface area contributed by atoms with Crippen molar-refractivity contribution in [3.05, 3.63) is 76.6 Å². The molecule has 5 nitrogen and oxygen atoms in total. The summed E-state index contributed by atoms with van der Waals surface area (Å²) in [4.78, 5) is 17.3. The lowest BCUT2D eigenvalue weighted by atomic mass is 10.1. The third-order valence-corrected chi connectivity index (χ3v) is 5.28. The summed E-state index contributed by atoms with van der Waals surface area (Å²) in [5.74, 6) is 0.00545. The standard InChI is InChI=1S/C21H21ClN4O/c1-15-19(13-23-26(15)18-8-5-7-17(22)12-18)21(27)25-11-10-24(2)20-9-4-3-6-16(20)14-25/h3-9,12-13H,10-11,14H2,1-2H3. The summed E-state index contributed by atoms with van der Waals surface area (Å²) < 4.78 is 1.76. The van der Waals surface area contributed by atoms with Gasteiger partial charge >= 0.3 is 0 Å². The van der Waals surface area contributed by atoms with E-state index < -0.39 is 0 Å². The SMILES string of the molecule is Cc1c(C(=O)N2CCN(C)c3ccccc3C2)cnn1-c1cccc(Cl)c1. The average Bonchev–Trinajstić information content (AvgIpc) is 2.97. The Kier molecular flexibility index (Phi) is 4.62. The van der Waals surface area contributed by atoms with Crippen molar-refractivity contribution in [2.24, 2.45) is 0 Å². The van der Waals surface area contributed by atoms with Crippen molar-refractivity contribution in [2.75, 3.05) is 25.0 Å². The van der Waals surface area contributed by atoms with Crippen molar-refractivity contribution in [2.45, 2.75) is 13.5 Å². The molecule has 0 N–H and O–H groups in total. The van der Waals surface area contributed by atoms with E-state index in [1.807, 2.05) is 48.2 Å². The summed E-state index contributed by atoms with van der Waals surface area (Å²) in [7, 11) is 2.06. The summed E-state index contributed by atoms with van der Waals surface area (Å²) in [6, 6.07) is 15.7. The van der Waals surface area contributed by atoms with Crippen LogP contribution in [0.3, 0.4) is 0 Å². The molecule has 0 saturated carbocycles. The van der Waals surface area contributed by atoms with E-state index in [1.54, 1.807) is 10.9 Å². The van der Waals surface area contributed by atoms with Gasteiger partial charge in [-0.05, 0) is 36.8 Å². The molecular formula is C21H21ClN4O. The number of para-hydroxylation sites is 1. The number of rotatable bonds is 2. The molecule has 0 aliphatic carbocycles. The fraction of sp³-hybridized carbons (Fsp3) is 0.238. The van der Waals surface area contributed by atoms with E-state index >= 15 is 0 Å². The predicted molar refractivity (Wildman–Crippen MR) is 108 cm³/mol. The zero-order chi connectivity index (χ0) is 19.0. The lowest BCUT2D eigenvalue weighted by molar-refractivity contribution is 0.0751. The van der Waals surface area contributed by atoms with Gasteiger partial charge in [-0.3, -0.25) is 4.79 Å². The minimum atomic E-state index is 0.00545. The van der Waals surface area contributed by atoms with Crippen molar-refractivity contribution < 1.29 is 4.79 Å². The highest BCUT2D eigenvalue weighted by atomic mass is 35.5. The van der Waals surface area contributed by atoms with Crippen LogP contribution in [0.25, 0.3) is 5.69 Å². The number of carbonyl (C=O) groups is 1. The minimum Gasteiger partial charge on any atom is -0.373 e. The van der Waals surface area contributed by atoms with E-state index in [2.05, 4.69) is 29.2 Å². The Bertz CT molecular complexity index is 997. The molecule has 3 aromatic rings. The van der Waals surface area contributed by atoms with Crippen LogP contribution in [0.2, 0.25) is 5.02 Å². The van der Waals surface area contributed by atoms with Crippen molar-refractivity contribution >= 4 is 23.2 Å². The molecule has 27 heavy (non-hydrogen) atoms. The van der Waals surface area contributed by atoms with Gasteiger partial charge in [-0.2, -0.15) is 5.10 Å². The molecular weight excluding hydrogens is 360 g/mol. The molecule has 0 saturated heterocycles. The van der Waals surface area contributed by atoms with Crippen LogP contribution < -0.4 is 4.90 Å². The second-order valence-corrected chi connectivity index (χ2v) is 7.25. The summed E-state index contributed by atoms with van der Waals surface area (Å²) in [5, 5.41) is 5.07. The van der Waals surface area contributed by atoms with Gasteiger partial charge in [0.25, 0.3) is 5.91 Å². The highest BCUT2D eigenvalue weighted by Gasteiger charge is 2.25. The summed E-state index contributed by atoms with van der Waals surface area (Å²) in [6.45, 7) is 3.98. The highest BCUT2D eigenvalue weighted by Crippen LogP contribution is 2.25. The molecule has 6 heteroatoms. The zero-order valence-corrected chi connectivity index (χ0v) is 16.1. The number of anilines is 1. The number of hydrogen-bond acceptors (Lipinski definition) is 3. The number of likely N-dealkylation sites (N-methyl/N-ethyl adjacent to an activating group) is 1. The average molecular weight is 381 g/mol. The van der Waals surface area contributed by atoms with E-state index in [-0.39, 0.29) is 5.91 Å². The molecule has 1 aromatic heterocycles. The van der Waals surface area contributed by atoms with Crippen LogP contribution in [0.4, 0.5) is 5.69 Å². The topological polar surface area (TPSA) is 41.4 Å². The molecule has 4 rings (SSSR count). The van der Waals surface area contributed by atoms with E-state index in [0.717, 1.165) is 23.5 Å². The number of fused-ring (bicyclic) bond motifs is 1. The fourth-order valence-electron chi connectivity index (χ4n) is 3.52. The van der Waals surface area contributed by atoms with Crippen LogP contribution in [-0.4, -0.2) is 40.7 Å². The molecule has 2 heterocycles. The van der Waals surface area contributed by atoms with E-state index in [1.165, 1.54) is 5.69 Å². The van der Waals surface area contributed by atoms with Crippen LogP contribution in [0, 0.1) is 6.92 Å². The zero-order valence-electron chi connectivity index (χ0n) is 15.4. The summed E-state index contributed by atoms with van der Waals surface area (Å²) >= 11 is 6.10. The Hall–Kier alpha value is -2.79. The van der Waals surface area contributed by atoms with Gasteiger partial charge in [0.2, 0.25) is 0 Å². The normalized spacial score (nSPS) is 14.0. The van der Waals surface area contributed by atoms with Gasteiger partial charge in [-0.15, -0.1) is 0 Å². The molecule has 1 aliphatic heterocycles. The van der Waals surface area contributed by atoms with E-state index in [4.69, 9.17) is 11.6 Å². The van der Waals surface area contributed by atoms with Gasteiger partial charge in [0, 0.05) is 37.4 Å². The maximum absolute atomic E-state index is 13.2. The molecule has 138 valence electrons. The van der Waals surface area contributed by atoms with Gasteiger partial charge in [-0.1, -0.05) is 35.9 Å². The van der Waals surface area contributed by atoms with E-state index in [9.17, 15) is 4.79 Å². The second-order valence-electron chi connectivity index (χ2n) is 6.81. The largest absolute Gasteiger partial charge is 0.373 e. The lowest BCUT2D eigenvalue weighted by Crippen LogP contribution is -2.34. The number of halogens is 1. The van der Waals surface area contributed by atoms with Crippen LogP contribution in [-0.2, 0) is 6.54 Å². The Morgan fingerprint density at radius 2 is 1.93 bits per heavy atom. The van der Waals surface area contributed by atoms with E-state index in [0.29, 0.717) is 23.7 Å². The van der Waals surface area contributed by atoms with Gasteiger partial charge in [-0.25, -0.2) is 4.68 Å². The Morgan fingerprint density at radius 1 is 1.11 bits per heavy atom. The Balaban J connectivity index is 1.64. The first-order chi connectivity index (χ1) is 13.0. The number of aromatic nitrogens is 2. The molecule has 0 atom stereocenters. The third kappa shape index (κ3) is 3.30. The molecule has 0 unspecified atom stereocenters. The van der Waals surface area contributed by atoms with Crippen molar-refractivity contribution in [3.8, 4) is 5.69 Å². The van der Waals surface area contributed by atoms with Gasteiger partial charge < -0.3 is 9.80 Å². The van der Waals surface area contributed by atoms with Crippen molar-refractivity contribution in [3.63, 3.8) is 0 Å². The number of carbonyl (C=O) groups excluding carboxylic acids is 1. The molecule has 0 radical (unpaired) electrons. The van der Waals surface area contributed by atoms with Crippen molar-refractivity contribution in [1.29, 1.82) is 0 Å². The van der Waals surface area contributed by atoms with Crippen LogP contribution in [0.15, 0.2) is 54.7 Å². The first-order valence-corrected chi connectivity index (χ1v) is 9.31. The number of hydrogen-bond donors (Lipinski definition) is 0. The van der Waals surface area contributed by atoms with Gasteiger partial charge in [0.1, 0.15) is 0 Å². The molecule has 0 spiro atoms. The Labute approximate surface area is 163 Å². The highest BCUT2D eigenvalue weighted by molar-refractivity contribution is 6.30. The number of amides is 1. The lowest BCUT2D eigenvalue weighted by Gasteiger charge is -2.21. The first kappa shape index (κ1) is 17.6. The number of benzene rings is 2.